The number of carboxylic acid groups (broad SMARTS) is 1. The minimum Gasteiger partial charge on any atom is -0.480 e. The van der Waals surface area contributed by atoms with Crippen molar-refractivity contribution in [2.24, 2.45) is 11.7 Å². The first-order chi connectivity index (χ1) is 32.9. The Balaban J connectivity index is 1.79. The molecule has 0 spiro atoms. The van der Waals surface area contributed by atoms with Crippen molar-refractivity contribution in [2.45, 2.75) is 107 Å². The summed E-state index contributed by atoms with van der Waals surface area (Å²) in [6.45, 7) is 1.88. The molecule has 1 aliphatic heterocycles. The Labute approximate surface area is 415 Å². The zero-order valence-electron chi connectivity index (χ0n) is 38.6. The lowest BCUT2D eigenvalue weighted by Crippen LogP contribution is -2.61. The average molecular weight is 1020 g/mol. The second-order valence-electron chi connectivity index (χ2n) is 16.7. The van der Waals surface area contributed by atoms with Crippen LogP contribution in [-0.2, 0) is 56.0 Å². The number of likely N-dealkylation sites (tertiary alicyclic amines) is 1. The lowest BCUT2D eigenvalue weighted by atomic mass is 10.0. The van der Waals surface area contributed by atoms with E-state index in [-0.39, 0.29) is 56.1 Å². The van der Waals surface area contributed by atoms with E-state index in [1.54, 1.807) is 36.6 Å². The molecule has 26 heteroatoms. The molecular formula is C43H65N11O12S3. The van der Waals surface area contributed by atoms with Crippen LogP contribution < -0.4 is 43.0 Å². The maximum atomic E-state index is 14.0. The predicted molar refractivity (Wildman–Crippen MR) is 261 cm³/mol. The molecule has 13 N–H and O–H groups in total. The zero-order valence-corrected chi connectivity index (χ0v) is 41.2. The number of aliphatic carboxylic acids is 1. The Morgan fingerprint density at radius 3 is 1.87 bits per heavy atom. The molecule has 0 saturated carbocycles. The van der Waals surface area contributed by atoms with Crippen molar-refractivity contribution in [3.63, 3.8) is 0 Å². The summed E-state index contributed by atoms with van der Waals surface area (Å²) >= 11 is 9.37. The van der Waals surface area contributed by atoms with Gasteiger partial charge in [-0.25, -0.2) is 9.78 Å². The summed E-state index contributed by atoms with van der Waals surface area (Å²) in [5.41, 5.74) is 6.79. The van der Waals surface area contributed by atoms with E-state index in [9.17, 15) is 58.5 Å². The van der Waals surface area contributed by atoms with Gasteiger partial charge in [0, 0.05) is 42.8 Å². The molecule has 1 aliphatic rings. The van der Waals surface area contributed by atoms with Crippen LogP contribution in [0.15, 0.2) is 42.9 Å². The molecule has 1 saturated heterocycles. The van der Waals surface area contributed by atoms with Crippen molar-refractivity contribution in [1.29, 1.82) is 0 Å². The van der Waals surface area contributed by atoms with Crippen molar-refractivity contribution in [1.82, 2.24) is 52.1 Å². The second kappa shape index (κ2) is 29.6. The zero-order chi connectivity index (χ0) is 51.2. The number of nitrogens with one attached hydrogen (secondary N) is 8. The first kappa shape index (κ1) is 57.9. The van der Waals surface area contributed by atoms with Crippen LogP contribution in [0.1, 0.15) is 50.8 Å². The van der Waals surface area contributed by atoms with Gasteiger partial charge in [-0.3, -0.25) is 38.4 Å². The number of benzene rings is 1. The molecular weight excluding hydrogens is 959 g/mol. The van der Waals surface area contributed by atoms with E-state index in [4.69, 9.17) is 5.73 Å². The molecule has 0 bridgehead atoms. The number of thioether (sulfide) groups is 1. The van der Waals surface area contributed by atoms with Gasteiger partial charge >= 0.3 is 5.97 Å². The SMILES string of the molecule is CSCC[C@H](NC(=O)[C@H](CO)NC(=O)[C@H](Cc1cnc[nH]1)NC(=O)[C@@H]1CCCN1C(=O)[C@H](CO)NC(=O)[C@H](CC(C)C)NC(=O)[C@@H](N)CS)C(=O)N[C@@H](Cc1ccccc1)C(=O)N[C@@H](CS)C(=O)O. The number of aromatic amines is 1. The average Bonchev–Trinajstić information content (AvgIpc) is 4.05. The van der Waals surface area contributed by atoms with Crippen LogP contribution in [0.2, 0.25) is 0 Å². The molecule has 0 unspecified atom stereocenters. The second-order valence-corrected chi connectivity index (χ2v) is 18.4. The van der Waals surface area contributed by atoms with Crippen molar-refractivity contribution in [3.05, 3.63) is 54.1 Å². The molecule has 9 atom stereocenters. The Kier molecular flexibility index (Phi) is 24.8. The van der Waals surface area contributed by atoms with Gasteiger partial charge in [0.05, 0.1) is 25.6 Å². The van der Waals surface area contributed by atoms with Crippen LogP contribution in [0.3, 0.4) is 0 Å². The number of carbonyl (C=O) groups is 9. The Hall–Kier alpha value is -5.41. The van der Waals surface area contributed by atoms with E-state index < -0.39 is 121 Å². The molecule has 8 amide bonds. The lowest BCUT2D eigenvalue weighted by Gasteiger charge is -2.30. The van der Waals surface area contributed by atoms with Crippen molar-refractivity contribution in [3.8, 4) is 0 Å². The minimum atomic E-state index is -1.67. The predicted octanol–water partition coefficient (Wildman–Crippen LogP) is -3.37. The molecule has 1 aromatic carbocycles. The monoisotopic (exact) mass is 1020 g/mol. The molecule has 23 nitrogen and oxygen atoms in total. The number of carboxylic acids is 1. The van der Waals surface area contributed by atoms with Gasteiger partial charge in [-0.2, -0.15) is 37.0 Å². The van der Waals surface area contributed by atoms with Gasteiger partial charge in [-0.1, -0.05) is 44.2 Å². The third-order valence-corrected chi connectivity index (χ3v) is 12.3. The third kappa shape index (κ3) is 18.5. The minimum absolute atomic E-state index is 0.0114. The van der Waals surface area contributed by atoms with Gasteiger partial charge in [0.2, 0.25) is 47.3 Å². The van der Waals surface area contributed by atoms with E-state index in [1.807, 2.05) is 13.8 Å². The molecule has 0 aliphatic carbocycles. The fourth-order valence-electron chi connectivity index (χ4n) is 7.15. The van der Waals surface area contributed by atoms with Gasteiger partial charge in [0.15, 0.2) is 0 Å². The Morgan fingerprint density at radius 1 is 0.754 bits per heavy atom. The topological polar surface area (TPSA) is 356 Å². The van der Waals surface area contributed by atoms with E-state index >= 15 is 0 Å². The maximum Gasteiger partial charge on any atom is 0.327 e. The quantitative estimate of drug-likeness (QED) is 0.0354. The normalized spacial score (nSPS) is 16.9. The summed E-state index contributed by atoms with van der Waals surface area (Å²) in [4.78, 5) is 128. The van der Waals surface area contributed by atoms with Gasteiger partial charge in [-0.05, 0) is 49.2 Å². The van der Waals surface area contributed by atoms with E-state index in [0.29, 0.717) is 23.4 Å². The fraction of sp³-hybridized carbons (Fsp3) is 0.581. The van der Waals surface area contributed by atoms with E-state index in [0.717, 1.165) is 4.90 Å². The number of carbonyl (C=O) groups excluding carboxylic acids is 8. The highest BCUT2D eigenvalue weighted by Gasteiger charge is 2.40. The summed E-state index contributed by atoms with van der Waals surface area (Å²) in [5, 5.41) is 47.7. The van der Waals surface area contributed by atoms with E-state index in [1.165, 1.54) is 24.3 Å². The smallest absolute Gasteiger partial charge is 0.327 e. The number of H-pyrrole nitrogens is 1. The Morgan fingerprint density at radius 2 is 1.30 bits per heavy atom. The summed E-state index contributed by atoms with van der Waals surface area (Å²) < 4.78 is 0. The molecule has 1 fully saturated rings. The summed E-state index contributed by atoms with van der Waals surface area (Å²) in [6.07, 6.45) is 4.94. The van der Waals surface area contributed by atoms with Crippen molar-refractivity contribution < 1.29 is 58.5 Å². The fourth-order valence-corrected chi connectivity index (χ4v) is 8.04. The first-order valence-electron chi connectivity index (χ1n) is 22.2. The van der Waals surface area contributed by atoms with Crippen molar-refractivity contribution in [2.75, 3.05) is 43.3 Å². The Bertz CT molecular complexity index is 2040. The summed E-state index contributed by atoms with van der Waals surface area (Å²) in [7, 11) is 0. The van der Waals surface area contributed by atoms with Gasteiger partial charge in [0.25, 0.3) is 0 Å². The first-order valence-corrected chi connectivity index (χ1v) is 24.9. The van der Waals surface area contributed by atoms with Crippen LogP contribution in [-0.4, -0.2) is 181 Å². The van der Waals surface area contributed by atoms with Crippen LogP contribution in [0, 0.1) is 5.92 Å². The van der Waals surface area contributed by atoms with Crippen LogP contribution in [0.25, 0.3) is 0 Å². The van der Waals surface area contributed by atoms with Gasteiger partial charge in [-0.15, -0.1) is 0 Å². The van der Waals surface area contributed by atoms with Gasteiger partial charge in [0.1, 0.15) is 48.3 Å². The number of amides is 8. The highest BCUT2D eigenvalue weighted by atomic mass is 32.2. The number of thiol groups is 2. The van der Waals surface area contributed by atoms with Crippen LogP contribution in [0.5, 0.6) is 0 Å². The molecule has 2 aromatic rings. The molecule has 382 valence electrons. The summed E-state index contributed by atoms with van der Waals surface area (Å²) in [5.74, 6) is -7.84. The highest BCUT2D eigenvalue weighted by molar-refractivity contribution is 7.98. The standard InChI is InChI=1S/C43H65N11O12S3/c1-23(2)14-28(48-35(57)26(44)20-67)37(59)52-32(19-56)42(64)54-12-7-10-34(54)41(63)50-30(16-25-17-45-22-46-25)39(61)51-31(18-55)40(62)47-27(11-13-69-3)36(58)49-29(15-24-8-5-4-6-9-24)38(60)53-33(21-68)43(65)66/h4-6,8-9,17,22-23,26-34,55-56,67-68H,7,10-16,18-21,44H2,1-3H3,(H,45,46)(H,47,62)(H,48,57)(H,49,58)(H,50,63)(H,51,61)(H,52,59)(H,53,60)(H,65,66)/t26-,27-,28-,29-,30-,31-,32-,33-,34-/m0/s1. The van der Waals surface area contributed by atoms with Gasteiger partial charge < -0.3 is 68.2 Å². The molecule has 69 heavy (non-hydrogen) atoms. The molecule has 3 rings (SSSR count). The van der Waals surface area contributed by atoms with Crippen molar-refractivity contribution >= 4 is 90.2 Å². The number of aromatic nitrogens is 2. The third-order valence-electron chi connectivity index (χ3n) is 10.9. The number of rotatable bonds is 29. The van der Waals surface area contributed by atoms with Crippen LogP contribution >= 0.6 is 37.0 Å². The van der Waals surface area contributed by atoms with E-state index in [2.05, 4.69) is 72.4 Å². The molecule has 0 radical (unpaired) electrons. The largest absolute Gasteiger partial charge is 0.480 e. The number of nitrogens with two attached hydrogens (primary N) is 1. The number of aliphatic hydroxyl groups excluding tert-OH is 2. The maximum absolute atomic E-state index is 14.0. The lowest BCUT2D eigenvalue weighted by molar-refractivity contribution is -0.143. The number of imidazole rings is 1. The highest BCUT2D eigenvalue weighted by Crippen LogP contribution is 2.20. The number of hydrogen-bond acceptors (Lipinski definition) is 16. The molecule has 2 heterocycles. The van der Waals surface area contributed by atoms with Crippen LogP contribution in [0.4, 0.5) is 0 Å². The summed E-state index contributed by atoms with van der Waals surface area (Å²) in [6, 6.07) is -3.27. The number of nitrogens with zero attached hydrogens (tertiary/aromatic N) is 2. The number of aliphatic hydroxyl groups is 2. The number of hydrogen-bond donors (Lipinski definition) is 14. The molecule has 1 aromatic heterocycles.